The van der Waals surface area contributed by atoms with Gasteiger partial charge in [0.25, 0.3) is 5.78 Å². The number of fused-ring (bicyclic) bond motifs is 1. The molecule has 1 aliphatic heterocycles. The molecule has 1 fully saturated rings. The summed E-state index contributed by atoms with van der Waals surface area (Å²) < 4.78 is 30.1. The van der Waals surface area contributed by atoms with Gasteiger partial charge < -0.3 is 20.0 Å². The minimum absolute atomic E-state index is 0.206. The third-order valence-corrected chi connectivity index (χ3v) is 7.19. The van der Waals surface area contributed by atoms with E-state index in [2.05, 4.69) is 29.9 Å². The van der Waals surface area contributed by atoms with E-state index < -0.39 is 9.84 Å². The van der Waals surface area contributed by atoms with Crippen molar-refractivity contribution in [3.8, 4) is 11.6 Å². The molecule has 12 nitrogen and oxygen atoms in total. The van der Waals surface area contributed by atoms with E-state index in [1.54, 1.807) is 30.5 Å². The second-order valence-corrected chi connectivity index (χ2v) is 10.5. The van der Waals surface area contributed by atoms with Gasteiger partial charge in [-0.2, -0.15) is 19.5 Å². The Morgan fingerprint density at radius 2 is 1.80 bits per heavy atom. The van der Waals surface area contributed by atoms with Crippen LogP contribution in [0.2, 0.25) is 0 Å². The average molecular weight is 498 g/mol. The van der Waals surface area contributed by atoms with E-state index in [9.17, 15) is 8.42 Å². The van der Waals surface area contributed by atoms with E-state index in [4.69, 9.17) is 10.2 Å². The molecule has 0 radical (unpaired) electrons. The maximum Gasteiger partial charge on any atom is 0.259 e. The molecule has 5 rings (SSSR count). The van der Waals surface area contributed by atoms with Gasteiger partial charge in [-0.3, -0.25) is 4.90 Å². The first-order valence-corrected chi connectivity index (χ1v) is 13.1. The predicted molar refractivity (Wildman–Crippen MR) is 132 cm³/mol. The van der Waals surface area contributed by atoms with E-state index in [0.29, 0.717) is 28.2 Å². The van der Waals surface area contributed by atoms with E-state index in [1.807, 2.05) is 24.1 Å². The lowest BCUT2D eigenvalue weighted by Crippen LogP contribution is -2.48. The van der Waals surface area contributed by atoms with Crippen LogP contribution in [-0.2, 0) is 9.84 Å². The SMILES string of the molecule is CN(CCN1CCN(c2ccc(S(C)(=O)=O)cc2)CC1)c1nc(N)n2nc(-c3ccco3)nc2n1. The number of nitrogen functional groups attached to an aromatic ring is 1. The fourth-order valence-electron chi connectivity index (χ4n) is 4.00. The number of piperazine rings is 1. The fraction of sp³-hybridized carbons (Fsp3) is 0.364. The summed E-state index contributed by atoms with van der Waals surface area (Å²) in [6.45, 7) is 5.11. The summed E-state index contributed by atoms with van der Waals surface area (Å²) in [4.78, 5) is 20.3. The zero-order valence-corrected chi connectivity index (χ0v) is 20.4. The van der Waals surface area contributed by atoms with Crippen LogP contribution in [-0.4, -0.2) is 90.5 Å². The molecule has 0 spiro atoms. The maximum atomic E-state index is 11.7. The number of nitrogens with zero attached hydrogens (tertiary/aromatic N) is 8. The number of sulfone groups is 1. The van der Waals surface area contributed by atoms with Crippen molar-refractivity contribution < 1.29 is 12.8 Å². The molecular weight excluding hydrogens is 470 g/mol. The van der Waals surface area contributed by atoms with Crippen molar-refractivity contribution in [3.63, 3.8) is 0 Å². The van der Waals surface area contributed by atoms with E-state index >= 15 is 0 Å². The second-order valence-electron chi connectivity index (χ2n) is 8.52. The zero-order valence-electron chi connectivity index (χ0n) is 19.6. The van der Waals surface area contributed by atoms with Crippen LogP contribution in [0.3, 0.4) is 0 Å². The molecular formula is C22H27N9O3S. The molecule has 4 heterocycles. The summed E-state index contributed by atoms with van der Waals surface area (Å²) in [7, 11) is -1.26. The lowest BCUT2D eigenvalue weighted by atomic mass is 10.2. The third-order valence-electron chi connectivity index (χ3n) is 6.06. The maximum absolute atomic E-state index is 11.7. The molecule has 0 saturated carbocycles. The van der Waals surface area contributed by atoms with Gasteiger partial charge in [-0.15, -0.1) is 5.10 Å². The smallest absolute Gasteiger partial charge is 0.259 e. The topological polar surface area (TPSA) is 139 Å². The Labute approximate surface area is 202 Å². The van der Waals surface area contributed by atoms with Crippen LogP contribution >= 0.6 is 0 Å². The molecule has 4 aromatic rings. The number of hydrogen-bond acceptors (Lipinski definition) is 11. The number of nitrogens with two attached hydrogens (primary N) is 1. The molecule has 0 atom stereocenters. The van der Waals surface area contributed by atoms with Crippen molar-refractivity contribution in [2.24, 2.45) is 0 Å². The van der Waals surface area contributed by atoms with E-state index in [-0.39, 0.29) is 5.95 Å². The molecule has 184 valence electrons. The highest BCUT2D eigenvalue weighted by molar-refractivity contribution is 7.90. The number of hydrogen-bond donors (Lipinski definition) is 1. The number of benzene rings is 1. The first kappa shape index (κ1) is 23.1. The number of rotatable bonds is 7. The van der Waals surface area contributed by atoms with Gasteiger partial charge in [-0.1, -0.05) is 0 Å². The van der Waals surface area contributed by atoms with Gasteiger partial charge in [0, 0.05) is 58.3 Å². The summed E-state index contributed by atoms with van der Waals surface area (Å²) >= 11 is 0. The minimum Gasteiger partial charge on any atom is -0.461 e. The summed E-state index contributed by atoms with van der Waals surface area (Å²) in [6, 6.07) is 10.6. The minimum atomic E-state index is -3.18. The molecule has 0 bridgehead atoms. The average Bonchev–Trinajstić information content (AvgIpc) is 3.53. The Kier molecular flexibility index (Phi) is 6.03. The van der Waals surface area contributed by atoms with Gasteiger partial charge in [0.05, 0.1) is 11.2 Å². The van der Waals surface area contributed by atoms with Crippen molar-refractivity contribution in [3.05, 3.63) is 42.7 Å². The van der Waals surface area contributed by atoms with Crippen LogP contribution in [0, 0.1) is 0 Å². The second kappa shape index (κ2) is 9.15. The standard InChI is InChI=1S/C22H27N9O3S/c1-28(21-25-20(23)31-22(26-21)24-19(27-31)18-4-3-15-34-18)9-10-29-11-13-30(14-12-29)16-5-7-17(8-6-16)35(2,32)33/h3-8,15H,9-14H2,1-2H3,(H2,23,24,25,26,27). The highest BCUT2D eigenvalue weighted by Gasteiger charge is 2.20. The number of aromatic nitrogens is 5. The number of anilines is 3. The van der Waals surface area contributed by atoms with Crippen LogP contribution in [0.25, 0.3) is 17.4 Å². The van der Waals surface area contributed by atoms with Gasteiger partial charge in [-0.25, -0.2) is 8.42 Å². The first-order chi connectivity index (χ1) is 16.8. The molecule has 0 aliphatic carbocycles. The van der Waals surface area contributed by atoms with Gasteiger partial charge >= 0.3 is 0 Å². The molecule has 2 N–H and O–H groups in total. The number of furan rings is 1. The molecule has 1 aromatic carbocycles. The Hall–Kier alpha value is -3.71. The normalized spacial score (nSPS) is 15.1. The molecule has 1 aliphatic rings. The van der Waals surface area contributed by atoms with Crippen molar-refractivity contribution in [1.82, 2.24) is 29.5 Å². The number of likely N-dealkylation sites (N-methyl/N-ethyl adjacent to an activating group) is 1. The molecule has 35 heavy (non-hydrogen) atoms. The summed E-state index contributed by atoms with van der Waals surface area (Å²) in [5, 5.41) is 4.32. The first-order valence-electron chi connectivity index (χ1n) is 11.2. The van der Waals surface area contributed by atoms with Crippen molar-refractivity contribution in [2.75, 3.05) is 68.1 Å². The van der Waals surface area contributed by atoms with Gasteiger partial charge in [0.1, 0.15) is 0 Å². The van der Waals surface area contributed by atoms with Crippen LogP contribution in [0.1, 0.15) is 0 Å². The summed E-state index contributed by atoms with van der Waals surface area (Å²) in [6.07, 6.45) is 2.78. The molecule has 3 aromatic heterocycles. The molecule has 13 heteroatoms. The van der Waals surface area contributed by atoms with Crippen molar-refractivity contribution in [2.45, 2.75) is 4.90 Å². The molecule has 0 amide bonds. The van der Waals surface area contributed by atoms with E-state index in [0.717, 1.165) is 45.0 Å². The molecule has 0 unspecified atom stereocenters. The lowest BCUT2D eigenvalue weighted by molar-refractivity contribution is 0.263. The van der Waals surface area contributed by atoms with Crippen LogP contribution in [0.15, 0.2) is 52.0 Å². The van der Waals surface area contributed by atoms with E-state index in [1.165, 1.54) is 10.8 Å². The van der Waals surface area contributed by atoms with Crippen molar-refractivity contribution >= 4 is 33.2 Å². The third kappa shape index (κ3) is 4.91. The fourth-order valence-corrected chi connectivity index (χ4v) is 4.63. The quantitative estimate of drug-likeness (QED) is 0.391. The Bertz CT molecular complexity index is 1410. The zero-order chi connectivity index (χ0) is 24.6. The largest absolute Gasteiger partial charge is 0.461 e. The summed E-state index contributed by atoms with van der Waals surface area (Å²) in [5.41, 5.74) is 7.14. The monoisotopic (exact) mass is 497 g/mol. The van der Waals surface area contributed by atoms with Gasteiger partial charge in [0.15, 0.2) is 15.6 Å². The molecule has 1 saturated heterocycles. The highest BCUT2D eigenvalue weighted by Crippen LogP contribution is 2.20. The van der Waals surface area contributed by atoms with Gasteiger partial charge in [-0.05, 0) is 36.4 Å². The Morgan fingerprint density at radius 3 is 2.46 bits per heavy atom. The predicted octanol–water partition coefficient (Wildman–Crippen LogP) is 1.02. The highest BCUT2D eigenvalue weighted by atomic mass is 32.2. The van der Waals surface area contributed by atoms with Gasteiger partial charge in [0.2, 0.25) is 17.7 Å². The Morgan fingerprint density at radius 1 is 1.06 bits per heavy atom. The van der Waals surface area contributed by atoms with Crippen LogP contribution in [0.5, 0.6) is 0 Å². The Balaban J connectivity index is 1.17. The summed E-state index contributed by atoms with van der Waals surface area (Å²) in [5.74, 6) is 1.99. The van der Waals surface area contributed by atoms with Crippen LogP contribution in [0.4, 0.5) is 17.6 Å². The lowest BCUT2D eigenvalue weighted by Gasteiger charge is -2.36. The van der Waals surface area contributed by atoms with Crippen LogP contribution < -0.4 is 15.5 Å². The van der Waals surface area contributed by atoms with Crippen molar-refractivity contribution in [1.29, 1.82) is 0 Å².